The standard InChI is InChI=1S/C16H27NO5/c1-10(2)8-16(21,11(3)18)15(20)22-9-12-4-6-17-7-5-13(19)14(12)17/h4,10-11,13-14,18-19,21H,5-9H2,1-3H3/t11-,13-,14+,16+/m0/s1. The molecule has 2 heterocycles. The molecule has 1 fully saturated rings. The first-order chi connectivity index (χ1) is 10.3. The average molecular weight is 313 g/mol. The van der Waals surface area contributed by atoms with E-state index in [1.54, 1.807) is 0 Å². The molecule has 6 heteroatoms. The van der Waals surface area contributed by atoms with Gasteiger partial charge in [-0.1, -0.05) is 19.9 Å². The van der Waals surface area contributed by atoms with Crippen LogP contribution in [0, 0.1) is 5.92 Å². The topological polar surface area (TPSA) is 90.2 Å². The molecule has 0 amide bonds. The summed E-state index contributed by atoms with van der Waals surface area (Å²) in [5.74, 6) is -0.756. The normalized spacial score (nSPS) is 29.1. The number of hydrogen-bond donors (Lipinski definition) is 3. The Balaban J connectivity index is 1.97. The summed E-state index contributed by atoms with van der Waals surface area (Å²) in [6, 6.07) is -0.0856. The summed E-state index contributed by atoms with van der Waals surface area (Å²) in [5, 5.41) is 30.2. The Morgan fingerprint density at radius 1 is 1.50 bits per heavy atom. The lowest BCUT2D eigenvalue weighted by Crippen LogP contribution is -2.50. The van der Waals surface area contributed by atoms with Gasteiger partial charge < -0.3 is 20.1 Å². The first-order valence-corrected chi connectivity index (χ1v) is 7.94. The first kappa shape index (κ1) is 17.4. The van der Waals surface area contributed by atoms with E-state index < -0.39 is 23.8 Å². The number of esters is 1. The minimum atomic E-state index is -1.89. The van der Waals surface area contributed by atoms with Crippen LogP contribution in [0.3, 0.4) is 0 Å². The zero-order valence-corrected chi connectivity index (χ0v) is 13.5. The van der Waals surface area contributed by atoms with Crippen molar-refractivity contribution in [1.82, 2.24) is 4.90 Å². The molecule has 0 aliphatic carbocycles. The number of fused-ring (bicyclic) bond motifs is 1. The second kappa shape index (κ2) is 6.66. The van der Waals surface area contributed by atoms with Crippen molar-refractivity contribution in [2.24, 2.45) is 5.92 Å². The number of nitrogens with zero attached hydrogens (tertiary/aromatic N) is 1. The van der Waals surface area contributed by atoms with Crippen LogP contribution in [0.4, 0.5) is 0 Å². The molecule has 2 aliphatic rings. The summed E-state index contributed by atoms with van der Waals surface area (Å²) in [6.45, 7) is 6.76. The van der Waals surface area contributed by atoms with E-state index in [0.717, 1.165) is 25.1 Å². The predicted molar refractivity (Wildman–Crippen MR) is 81.1 cm³/mol. The molecule has 0 spiro atoms. The van der Waals surface area contributed by atoms with Gasteiger partial charge in [0.25, 0.3) is 0 Å². The lowest BCUT2D eigenvalue weighted by molar-refractivity contribution is -0.178. The maximum Gasteiger partial charge on any atom is 0.341 e. The summed E-state index contributed by atoms with van der Waals surface area (Å²) in [5.41, 5.74) is -1.02. The Hall–Kier alpha value is -0.950. The zero-order chi connectivity index (χ0) is 16.5. The molecule has 6 nitrogen and oxygen atoms in total. The lowest BCUT2D eigenvalue weighted by atomic mass is 9.88. The molecule has 0 aromatic rings. The molecule has 0 radical (unpaired) electrons. The molecule has 0 aromatic carbocycles. The quantitative estimate of drug-likeness (QED) is 0.475. The van der Waals surface area contributed by atoms with Gasteiger partial charge in [0.05, 0.1) is 18.2 Å². The van der Waals surface area contributed by atoms with Crippen molar-refractivity contribution in [3.8, 4) is 0 Å². The van der Waals surface area contributed by atoms with Gasteiger partial charge in [0.15, 0.2) is 5.60 Å². The summed E-state index contributed by atoms with van der Waals surface area (Å²) < 4.78 is 5.25. The maximum atomic E-state index is 12.2. The van der Waals surface area contributed by atoms with E-state index in [4.69, 9.17) is 4.74 Å². The highest BCUT2D eigenvalue weighted by Crippen LogP contribution is 2.30. The molecule has 0 aromatic heterocycles. The van der Waals surface area contributed by atoms with Crippen LogP contribution in [0.1, 0.15) is 33.6 Å². The van der Waals surface area contributed by atoms with Crippen LogP contribution >= 0.6 is 0 Å². The molecule has 0 bridgehead atoms. The van der Waals surface area contributed by atoms with Crippen molar-refractivity contribution in [2.75, 3.05) is 19.7 Å². The third kappa shape index (κ3) is 3.35. The highest BCUT2D eigenvalue weighted by Gasteiger charge is 2.44. The number of ether oxygens (including phenoxy) is 1. The number of aliphatic hydroxyl groups excluding tert-OH is 2. The van der Waals surface area contributed by atoms with Gasteiger partial charge >= 0.3 is 5.97 Å². The molecular weight excluding hydrogens is 286 g/mol. The highest BCUT2D eigenvalue weighted by molar-refractivity contribution is 5.80. The minimum Gasteiger partial charge on any atom is -0.459 e. The zero-order valence-electron chi connectivity index (χ0n) is 13.5. The van der Waals surface area contributed by atoms with Gasteiger partial charge in [0.1, 0.15) is 6.61 Å². The summed E-state index contributed by atoms with van der Waals surface area (Å²) in [6.07, 6.45) is 1.19. The van der Waals surface area contributed by atoms with Crippen LogP contribution < -0.4 is 0 Å². The highest BCUT2D eigenvalue weighted by atomic mass is 16.6. The van der Waals surface area contributed by atoms with Gasteiger partial charge in [0, 0.05) is 13.1 Å². The van der Waals surface area contributed by atoms with Crippen molar-refractivity contribution in [3.63, 3.8) is 0 Å². The third-order valence-electron chi connectivity index (χ3n) is 4.57. The Labute approximate surface area is 131 Å². The minimum absolute atomic E-state index is 0.0458. The third-order valence-corrected chi connectivity index (χ3v) is 4.57. The molecule has 126 valence electrons. The number of aliphatic hydroxyl groups is 3. The van der Waals surface area contributed by atoms with Crippen molar-refractivity contribution in [3.05, 3.63) is 11.6 Å². The fourth-order valence-electron chi connectivity index (χ4n) is 3.35. The predicted octanol–water partition coefficient (Wildman–Crippen LogP) is 0.0628. The fraction of sp³-hybridized carbons (Fsp3) is 0.812. The Bertz CT molecular complexity index is 448. The van der Waals surface area contributed by atoms with E-state index in [0.29, 0.717) is 0 Å². The lowest BCUT2D eigenvalue weighted by Gasteiger charge is -2.30. The van der Waals surface area contributed by atoms with E-state index in [-0.39, 0.29) is 25.0 Å². The monoisotopic (exact) mass is 313 g/mol. The first-order valence-electron chi connectivity index (χ1n) is 7.94. The maximum absolute atomic E-state index is 12.2. The van der Waals surface area contributed by atoms with Gasteiger partial charge in [-0.05, 0) is 31.3 Å². The fourth-order valence-corrected chi connectivity index (χ4v) is 3.35. The molecule has 2 rings (SSSR count). The summed E-state index contributed by atoms with van der Waals surface area (Å²) >= 11 is 0. The van der Waals surface area contributed by atoms with Crippen molar-refractivity contribution < 1.29 is 24.9 Å². The number of rotatable bonds is 6. The van der Waals surface area contributed by atoms with E-state index >= 15 is 0 Å². The van der Waals surface area contributed by atoms with Gasteiger partial charge in [-0.25, -0.2) is 4.79 Å². The molecular formula is C16H27NO5. The van der Waals surface area contributed by atoms with Crippen molar-refractivity contribution >= 4 is 5.97 Å². The van der Waals surface area contributed by atoms with E-state index in [1.807, 2.05) is 19.9 Å². The van der Waals surface area contributed by atoms with Crippen molar-refractivity contribution in [1.29, 1.82) is 0 Å². The van der Waals surface area contributed by atoms with Crippen LogP contribution in [0.25, 0.3) is 0 Å². The molecule has 1 saturated heterocycles. The summed E-state index contributed by atoms with van der Waals surface area (Å²) in [4.78, 5) is 14.4. The number of carbonyl (C=O) groups excluding carboxylic acids is 1. The number of carbonyl (C=O) groups is 1. The number of hydrogen-bond acceptors (Lipinski definition) is 6. The second-order valence-electron chi connectivity index (χ2n) is 6.85. The molecule has 4 atom stereocenters. The van der Waals surface area contributed by atoms with Crippen LogP contribution in [-0.4, -0.2) is 69.7 Å². The molecule has 3 N–H and O–H groups in total. The van der Waals surface area contributed by atoms with E-state index in [2.05, 4.69) is 4.90 Å². The van der Waals surface area contributed by atoms with Crippen molar-refractivity contribution in [2.45, 2.75) is 57.5 Å². The van der Waals surface area contributed by atoms with Gasteiger partial charge in [-0.2, -0.15) is 0 Å². The second-order valence-corrected chi connectivity index (χ2v) is 6.85. The molecule has 0 unspecified atom stereocenters. The van der Waals surface area contributed by atoms with Crippen LogP contribution in [0.2, 0.25) is 0 Å². The Morgan fingerprint density at radius 2 is 2.18 bits per heavy atom. The average Bonchev–Trinajstić information content (AvgIpc) is 2.98. The van der Waals surface area contributed by atoms with Gasteiger partial charge in [-0.15, -0.1) is 0 Å². The smallest absolute Gasteiger partial charge is 0.341 e. The van der Waals surface area contributed by atoms with E-state index in [1.165, 1.54) is 6.92 Å². The van der Waals surface area contributed by atoms with Gasteiger partial charge in [-0.3, -0.25) is 4.90 Å². The van der Waals surface area contributed by atoms with Crippen LogP contribution in [-0.2, 0) is 9.53 Å². The van der Waals surface area contributed by atoms with Crippen LogP contribution in [0.15, 0.2) is 11.6 Å². The summed E-state index contributed by atoms with van der Waals surface area (Å²) in [7, 11) is 0. The van der Waals surface area contributed by atoms with E-state index in [9.17, 15) is 20.1 Å². The van der Waals surface area contributed by atoms with Gasteiger partial charge in [0.2, 0.25) is 0 Å². The Morgan fingerprint density at radius 3 is 2.77 bits per heavy atom. The van der Waals surface area contributed by atoms with Crippen LogP contribution in [0.5, 0.6) is 0 Å². The molecule has 0 saturated carbocycles. The SMILES string of the molecule is CC(C)C[C@](O)(C(=O)OCC1=CCN2CC[C@H](O)[C@@H]12)[C@H](C)O. The molecule has 22 heavy (non-hydrogen) atoms. The largest absolute Gasteiger partial charge is 0.459 e. The Kier molecular flexibility index (Phi) is 5.27. The molecule has 2 aliphatic heterocycles.